The molecule has 2 rings (SSSR count). The minimum atomic E-state index is -3.59. The fraction of sp³-hybridized carbons (Fsp3) is 1.00. The van der Waals surface area contributed by atoms with Gasteiger partial charge in [0, 0.05) is 4.91 Å². The van der Waals surface area contributed by atoms with E-state index in [1.54, 1.807) is 0 Å². The van der Waals surface area contributed by atoms with Crippen molar-refractivity contribution in [2.24, 2.45) is 40.6 Å². The summed E-state index contributed by atoms with van der Waals surface area (Å²) >= 11 is 0. The molecule has 31 heavy (non-hydrogen) atoms. The van der Waals surface area contributed by atoms with Crippen LogP contribution in [0.3, 0.4) is 0 Å². The molecule has 2 aliphatic carbocycles. The highest BCUT2D eigenvalue weighted by atomic mass is 31.2. The molecule has 0 aromatic rings. The van der Waals surface area contributed by atoms with E-state index in [2.05, 4.69) is 51.6 Å². The Morgan fingerprint density at radius 3 is 1.81 bits per heavy atom. The van der Waals surface area contributed by atoms with Gasteiger partial charge in [0.25, 0.3) is 0 Å². The topological polar surface area (TPSA) is 105 Å². The average Bonchev–Trinajstić information content (AvgIpc) is 2.65. The Morgan fingerprint density at radius 2 is 1.42 bits per heavy atom. The molecular weight excluding hydrogens is 413 g/mol. The zero-order valence-corrected chi connectivity index (χ0v) is 21.2. The van der Waals surface area contributed by atoms with Crippen molar-refractivity contribution < 1.29 is 18.7 Å². The molecule has 8 atom stereocenters. The summed E-state index contributed by atoms with van der Waals surface area (Å²) in [4.78, 5) is 2.72. The van der Waals surface area contributed by atoms with Crippen LogP contribution in [0.1, 0.15) is 80.1 Å². The van der Waals surface area contributed by atoms with Gasteiger partial charge < -0.3 is 14.2 Å². The first kappa shape index (κ1) is 26.7. The van der Waals surface area contributed by atoms with Gasteiger partial charge in [-0.25, -0.2) is 0 Å². The number of hydrogen-bond acceptors (Lipinski definition) is 5. The molecule has 0 heterocycles. The Kier molecular flexibility index (Phi) is 10.4. The van der Waals surface area contributed by atoms with Gasteiger partial charge in [-0.1, -0.05) is 59.5 Å². The van der Waals surface area contributed by atoms with E-state index in [0.717, 1.165) is 38.5 Å². The average molecular weight is 458 g/mol. The van der Waals surface area contributed by atoms with Crippen LogP contribution in [-0.4, -0.2) is 36.1 Å². The summed E-state index contributed by atoms with van der Waals surface area (Å²) in [5, 5.41) is 13.9. The van der Waals surface area contributed by atoms with E-state index in [1.807, 2.05) is 0 Å². The summed E-state index contributed by atoms with van der Waals surface area (Å²) in [7, 11) is -3.59. The molecule has 0 aromatic heterocycles. The van der Waals surface area contributed by atoms with Crippen molar-refractivity contribution in [3.05, 3.63) is 10.4 Å². The van der Waals surface area contributed by atoms with Crippen LogP contribution < -0.4 is 0 Å². The van der Waals surface area contributed by atoms with E-state index >= 15 is 0 Å². The Balaban J connectivity index is 2.26. The fourth-order valence-electron chi connectivity index (χ4n) is 5.44. The van der Waals surface area contributed by atoms with E-state index in [-0.39, 0.29) is 24.9 Å². The fourth-order valence-corrected chi connectivity index (χ4v) is 7.61. The molecule has 8 heteroatoms. The van der Waals surface area contributed by atoms with Crippen molar-refractivity contribution in [1.82, 2.24) is 0 Å². The number of nitrogens with zero attached hydrogens (tertiary/aromatic N) is 3. The first-order valence-electron chi connectivity index (χ1n) is 12.2. The van der Waals surface area contributed by atoms with Gasteiger partial charge in [0.2, 0.25) is 0 Å². The van der Waals surface area contributed by atoms with Crippen molar-refractivity contribution >= 4 is 7.60 Å². The van der Waals surface area contributed by atoms with E-state index in [1.165, 1.54) is 0 Å². The molecule has 0 aliphatic heterocycles. The van der Waals surface area contributed by atoms with Crippen molar-refractivity contribution in [3.63, 3.8) is 0 Å². The van der Waals surface area contributed by atoms with E-state index in [4.69, 9.17) is 14.6 Å². The molecule has 0 bridgehead atoms. The van der Waals surface area contributed by atoms with E-state index in [0.29, 0.717) is 35.5 Å². The van der Waals surface area contributed by atoms with Gasteiger partial charge in [0.15, 0.2) is 0 Å². The minimum absolute atomic E-state index is 0.128. The van der Waals surface area contributed by atoms with Gasteiger partial charge in [0.05, 0.1) is 31.0 Å². The van der Waals surface area contributed by atoms with Gasteiger partial charge in [-0.2, -0.15) is 0 Å². The number of azide groups is 1. The standard InChI is InChI=1S/C23H44N3O4P/c1-15(2)20-9-7-17(5)11-22(20)29-31(28,14-19(27)13-25-26-24)30-23-12-18(6)8-10-21(23)16(3)4/h15-23,27H,7-14H2,1-6H3/t17-,18-,19-,20-,21+,22-,23-,31?/m1/s1. The predicted molar refractivity (Wildman–Crippen MR) is 125 cm³/mol. The van der Waals surface area contributed by atoms with Gasteiger partial charge in [-0.15, -0.1) is 0 Å². The molecule has 0 saturated heterocycles. The van der Waals surface area contributed by atoms with Crippen LogP contribution in [0, 0.1) is 35.5 Å². The van der Waals surface area contributed by atoms with Crippen molar-refractivity contribution in [2.45, 2.75) is 98.4 Å². The molecular formula is C23H44N3O4P. The van der Waals surface area contributed by atoms with Crippen LogP contribution in [0.15, 0.2) is 5.11 Å². The van der Waals surface area contributed by atoms with Gasteiger partial charge in [-0.05, 0) is 66.7 Å². The Morgan fingerprint density at radius 1 is 0.968 bits per heavy atom. The lowest BCUT2D eigenvalue weighted by Crippen LogP contribution is -2.37. The SMILES string of the molecule is CC(C)[C@H]1CC[C@@H](C)C[C@H]1OP(=O)(C[C@H](O)CN=[N+]=[N-])O[C@@H]1C[C@H](C)CC[C@H]1C(C)C. The van der Waals surface area contributed by atoms with Crippen LogP contribution in [0.2, 0.25) is 0 Å². The van der Waals surface area contributed by atoms with Crippen molar-refractivity contribution in [1.29, 1.82) is 0 Å². The second-order valence-corrected chi connectivity index (χ2v) is 12.8. The van der Waals surface area contributed by atoms with E-state index in [9.17, 15) is 9.67 Å². The predicted octanol–water partition coefficient (Wildman–Crippen LogP) is 6.81. The number of rotatable bonds is 10. The second-order valence-electron chi connectivity index (χ2n) is 10.8. The third-order valence-corrected chi connectivity index (χ3v) is 9.36. The van der Waals surface area contributed by atoms with Crippen LogP contribution >= 0.6 is 7.60 Å². The Bertz CT molecular complexity index is 615. The first-order chi connectivity index (χ1) is 14.5. The summed E-state index contributed by atoms with van der Waals surface area (Å²) in [5.41, 5.74) is 8.60. The number of aliphatic hydroxyl groups excluding tert-OH is 1. The van der Waals surface area contributed by atoms with Crippen LogP contribution in [-0.2, 0) is 13.6 Å². The molecule has 2 aliphatic rings. The van der Waals surface area contributed by atoms with Crippen molar-refractivity contribution in [3.8, 4) is 0 Å². The Labute approximate surface area is 188 Å². The molecule has 0 radical (unpaired) electrons. The summed E-state index contributed by atoms with van der Waals surface area (Å²) in [6.45, 7) is 13.1. The lowest BCUT2D eigenvalue weighted by Gasteiger charge is -2.42. The lowest BCUT2D eigenvalue weighted by atomic mass is 9.75. The van der Waals surface area contributed by atoms with Crippen LogP contribution in [0.25, 0.3) is 10.4 Å². The number of aliphatic hydroxyl groups is 1. The normalized spacial score (nSPS) is 34.9. The summed E-state index contributed by atoms with van der Waals surface area (Å²) in [5.74, 6) is 2.54. The highest BCUT2D eigenvalue weighted by Gasteiger charge is 2.42. The zero-order valence-electron chi connectivity index (χ0n) is 20.3. The maximum atomic E-state index is 14.1. The monoisotopic (exact) mass is 457 g/mol. The largest absolute Gasteiger partial charge is 0.392 e. The molecule has 2 fully saturated rings. The van der Waals surface area contributed by atoms with E-state index < -0.39 is 13.7 Å². The first-order valence-corrected chi connectivity index (χ1v) is 13.9. The van der Waals surface area contributed by atoms with Crippen LogP contribution in [0.5, 0.6) is 0 Å². The molecule has 1 unspecified atom stereocenters. The maximum absolute atomic E-state index is 14.1. The summed E-state index contributed by atoms with van der Waals surface area (Å²) < 4.78 is 26.9. The molecule has 0 amide bonds. The summed E-state index contributed by atoms with van der Waals surface area (Å²) in [6.07, 6.45) is 4.69. The molecule has 0 spiro atoms. The van der Waals surface area contributed by atoms with Crippen LogP contribution in [0.4, 0.5) is 0 Å². The number of hydrogen-bond donors (Lipinski definition) is 1. The smallest absolute Gasteiger partial charge is 0.333 e. The molecule has 2 saturated carbocycles. The second kappa shape index (κ2) is 12.0. The highest BCUT2D eigenvalue weighted by molar-refractivity contribution is 7.53. The zero-order chi connectivity index (χ0) is 23.2. The minimum Gasteiger partial charge on any atom is -0.392 e. The quantitative estimate of drug-likeness (QED) is 0.168. The lowest BCUT2D eigenvalue weighted by molar-refractivity contribution is -0.00558. The van der Waals surface area contributed by atoms with Gasteiger partial charge in [0.1, 0.15) is 0 Å². The maximum Gasteiger partial charge on any atom is 0.333 e. The van der Waals surface area contributed by atoms with Crippen molar-refractivity contribution in [2.75, 3.05) is 12.7 Å². The summed E-state index contributed by atoms with van der Waals surface area (Å²) in [6, 6.07) is 0. The Hall–Kier alpha value is -0.580. The molecule has 1 N–H and O–H groups in total. The van der Waals surface area contributed by atoms with Gasteiger partial charge >= 0.3 is 7.60 Å². The third kappa shape index (κ3) is 8.05. The molecule has 180 valence electrons. The molecule has 7 nitrogen and oxygen atoms in total. The van der Waals surface area contributed by atoms with Gasteiger partial charge in [-0.3, -0.25) is 4.57 Å². The molecule has 0 aromatic carbocycles. The third-order valence-electron chi connectivity index (χ3n) is 7.30. The highest BCUT2D eigenvalue weighted by Crippen LogP contribution is 2.56.